The van der Waals surface area contributed by atoms with Gasteiger partial charge >= 0.3 is 0 Å². The third-order valence-corrected chi connectivity index (χ3v) is 5.07. The first-order valence-electron chi connectivity index (χ1n) is 10.2. The summed E-state index contributed by atoms with van der Waals surface area (Å²) in [6.07, 6.45) is 3.52. The number of hydrogen-bond acceptors (Lipinski definition) is 2. The highest BCUT2D eigenvalue weighted by molar-refractivity contribution is 6.09. The molecule has 1 N–H and O–H groups in total. The summed E-state index contributed by atoms with van der Waals surface area (Å²) < 4.78 is 1.76. The van der Waals surface area contributed by atoms with E-state index in [2.05, 4.69) is 5.32 Å². The van der Waals surface area contributed by atoms with Gasteiger partial charge in [-0.25, -0.2) is 0 Å². The lowest BCUT2D eigenvalue weighted by atomic mass is 10.00. The molecule has 1 heterocycles. The lowest BCUT2D eigenvalue weighted by Crippen LogP contribution is -3.00. The van der Waals surface area contributed by atoms with Crippen LogP contribution in [-0.4, -0.2) is 11.7 Å². The van der Waals surface area contributed by atoms with Crippen molar-refractivity contribution in [2.75, 3.05) is 0 Å². The normalized spacial score (nSPS) is 10.1. The number of ketones is 1. The Morgan fingerprint density at radius 3 is 1.81 bits per heavy atom. The Hall–Kier alpha value is -3.57. The Balaban J connectivity index is 0.00000289. The molecule has 0 spiro atoms. The minimum absolute atomic E-state index is 0. The van der Waals surface area contributed by atoms with Crippen LogP contribution in [0.15, 0.2) is 109 Å². The number of amides is 1. The molecule has 0 atom stereocenters. The van der Waals surface area contributed by atoms with E-state index in [9.17, 15) is 9.59 Å². The summed E-state index contributed by atoms with van der Waals surface area (Å²) >= 11 is 0. The molecule has 0 aliphatic carbocycles. The Bertz CT molecular complexity index is 1160. The predicted octanol–water partition coefficient (Wildman–Crippen LogP) is 1.19. The maximum Gasteiger partial charge on any atom is 0.286 e. The van der Waals surface area contributed by atoms with Crippen molar-refractivity contribution >= 4 is 11.7 Å². The van der Waals surface area contributed by atoms with Gasteiger partial charge in [0.2, 0.25) is 6.54 Å². The van der Waals surface area contributed by atoms with Crippen molar-refractivity contribution in [3.05, 3.63) is 126 Å². The number of nitrogens with one attached hydrogen (secondary N) is 1. The summed E-state index contributed by atoms with van der Waals surface area (Å²) in [5.41, 5.74) is 4.48. The van der Waals surface area contributed by atoms with Crippen molar-refractivity contribution in [3.8, 4) is 11.1 Å². The van der Waals surface area contributed by atoms with Crippen molar-refractivity contribution < 1.29 is 31.1 Å². The highest BCUT2D eigenvalue weighted by atomic mass is 79.9. The third-order valence-electron chi connectivity index (χ3n) is 5.07. The van der Waals surface area contributed by atoms with Crippen molar-refractivity contribution in [1.82, 2.24) is 5.32 Å². The molecule has 4 aromatic rings. The molecule has 0 fully saturated rings. The average molecular weight is 487 g/mol. The smallest absolute Gasteiger partial charge is 0.286 e. The fourth-order valence-corrected chi connectivity index (χ4v) is 3.34. The summed E-state index contributed by atoms with van der Waals surface area (Å²) in [4.78, 5) is 25.0. The van der Waals surface area contributed by atoms with Crippen molar-refractivity contribution in [2.24, 2.45) is 0 Å². The van der Waals surface area contributed by atoms with Gasteiger partial charge in [-0.05, 0) is 16.7 Å². The second-order valence-corrected chi connectivity index (χ2v) is 7.29. The second kappa shape index (κ2) is 11.2. The number of pyridine rings is 1. The molecule has 1 amide bonds. The van der Waals surface area contributed by atoms with Crippen LogP contribution in [0.25, 0.3) is 11.1 Å². The molecule has 0 aliphatic heterocycles. The molecule has 5 heteroatoms. The number of aromatic nitrogens is 1. The minimum Gasteiger partial charge on any atom is -1.00 e. The zero-order valence-corrected chi connectivity index (χ0v) is 19.0. The molecule has 32 heavy (non-hydrogen) atoms. The van der Waals surface area contributed by atoms with Crippen LogP contribution in [0.3, 0.4) is 0 Å². The molecule has 0 saturated heterocycles. The SMILES string of the molecule is O=C(C[n+]1ccc(C(=O)c2ccc(-c3ccccc3)cc2)cc1)NCc1ccccc1.[Br-]. The highest BCUT2D eigenvalue weighted by Gasteiger charge is 2.13. The van der Waals surface area contributed by atoms with Gasteiger partial charge in [0, 0.05) is 29.8 Å². The van der Waals surface area contributed by atoms with Crippen LogP contribution in [-0.2, 0) is 17.9 Å². The zero-order chi connectivity index (χ0) is 21.5. The van der Waals surface area contributed by atoms with Crippen molar-refractivity contribution in [1.29, 1.82) is 0 Å². The van der Waals surface area contributed by atoms with Crippen LogP contribution in [0.4, 0.5) is 0 Å². The maximum atomic E-state index is 12.8. The molecule has 0 aliphatic rings. The Morgan fingerprint density at radius 1 is 0.656 bits per heavy atom. The fraction of sp³-hybridized carbons (Fsp3) is 0.0741. The van der Waals surface area contributed by atoms with E-state index in [1.165, 1.54) is 0 Å². The lowest BCUT2D eigenvalue weighted by molar-refractivity contribution is -0.684. The van der Waals surface area contributed by atoms with Crippen LogP contribution in [0.1, 0.15) is 21.5 Å². The summed E-state index contributed by atoms with van der Waals surface area (Å²) in [6.45, 7) is 0.697. The maximum absolute atomic E-state index is 12.8. The first kappa shape index (κ1) is 23.1. The van der Waals surface area contributed by atoms with Gasteiger partial charge in [-0.15, -0.1) is 0 Å². The van der Waals surface area contributed by atoms with Crippen molar-refractivity contribution in [2.45, 2.75) is 13.1 Å². The molecule has 3 aromatic carbocycles. The third kappa shape index (κ3) is 5.99. The summed E-state index contributed by atoms with van der Waals surface area (Å²) in [5.74, 6) is -0.121. The van der Waals surface area contributed by atoms with Crippen LogP contribution in [0, 0.1) is 0 Å². The Labute approximate surface area is 198 Å². The second-order valence-electron chi connectivity index (χ2n) is 7.29. The van der Waals surface area contributed by atoms with E-state index in [-0.39, 0.29) is 35.2 Å². The average Bonchev–Trinajstić information content (AvgIpc) is 2.84. The van der Waals surface area contributed by atoms with Crippen LogP contribution in [0.5, 0.6) is 0 Å². The number of nitrogens with zero attached hydrogens (tertiary/aromatic N) is 1. The van der Waals surface area contributed by atoms with E-state index in [4.69, 9.17) is 0 Å². The molecule has 0 saturated carbocycles. The number of benzene rings is 3. The van der Waals surface area contributed by atoms with Crippen LogP contribution < -0.4 is 26.9 Å². The van der Waals surface area contributed by atoms with Gasteiger partial charge < -0.3 is 22.3 Å². The molecule has 4 rings (SSSR count). The van der Waals surface area contributed by atoms with Crippen LogP contribution >= 0.6 is 0 Å². The van der Waals surface area contributed by atoms with Gasteiger partial charge in [-0.3, -0.25) is 9.59 Å². The van der Waals surface area contributed by atoms with Gasteiger partial charge in [0.25, 0.3) is 5.91 Å². The molecule has 4 nitrogen and oxygen atoms in total. The van der Waals surface area contributed by atoms with Gasteiger partial charge in [0.1, 0.15) is 0 Å². The van der Waals surface area contributed by atoms with E-state index in [0.717, 1.165) is 16.7 Å². The topological polar surface area (TPSA) is 50.0 Å². The van der Waals surface area contributed by atoms with E-state index in [0.29, 0.717) is 17.7 Å². The largest absolute Gasteiger partial charge is 1.00 e. The zero-order valence-electron chi connectivity index (χ0n) is 17.4. The molecule has 0 bridgehead atoms. The number of rotatable bonds is 7. The predicted molar refractivity (Wildman–Crippen MR) is 120 cm³/mol. The van der Waals surface area contributed by atoms with Crippen molar-refractivity contribution in [3.63, 3.8) is 0 Å². The summed E-state index contributed by atoms with van der Waals surface area (Å²) in [7, 11) is 0. The van der Waals surface area contributed by atoms with E-state index in [1.54, 1.807) is 29.1 Å². The summed E-state index contributed by atoms with van der Waals surface area (Å²) in [6, 6.07) is 31.0. The van der Waals surface area contributed by atoms with Gasteiger partial charge in [0.05, 0.1) is 0 Å². The van der Waals surface area contributed by atoms with E-state index < -0.39 is 0 Å². The number of carbonyl (C=O) groups is 2. The lowest BCUT2D eigenvalue weighted by Gasteiger charge is -2.05. The number of hydrogen-bond donors (Lipinski definition) is 1. The Morgan fingerprint density at radius 2 is 1.19 bits per heavy atom. The first-order valence-corrected chi connectivity index (χ1v) is 10.2. The summed E-state index contributed by atoms with van der Waals surface area (Å²) in [5, 5.41) is 2.90. The van der Waals surface area contributed by atoms with E-state index in [1.807, 2.05) is 84.9 Å². The molecular formula is C27H23BrN2O2. The van der Waals surface area contributed by atoms with Crippen LogP contribution in [0.2, 0.25) is 0 Å². The fourth-order valence-electron chi connectivity index (χ4n) is 3.34. The quantitative estimate of drug-likeness (QED) is 0.315. The monoisotopic (exact) mass is 486 g/mol. The van der Waals surface area contributed by atoms with Gasteiger partial charge in [0.15, 0.2) is 18.2 Å². The standard InChI is InChI=1S/C27H22N2O2.BrH/c30-26(28-19-21-7-3-1-4-8-21)20-29-17-15-25(16-18-29)27(31)24-13-11-23(12-14-24)22-9-5-2-6-10-22;/h1-18H,19-20H2;1H. The van der Waals surface area contributed by atoms with Gasteiger partial charge in [-0.1, -0.05) is 84.9 Å². The number of carbonyl (C=O) groups excluding carboxylic acids is 2. The molecular weight excluding hydrogens is 464 g/mol. The molecule has 0 radical (unpaired) electrons. The van der Waals surface area contributed by atoms with E-state index >= 15 is 0 Å². The molecule has 160 valence electrons. The minimum atomic E-state index is -0.0792. The molecule has 0 unspecified atom stereocenters. The first-order chi connectivity index (χ1) is 15.2. The molecule has 1 aromatic heterocycles. The highest BCUT2D eigenvalue weighted by Crippen LogP contribution is 2.20. The van der Waals surface area contributed by atoms with Gasteiger partial charge in [-0.2, -0.15) is 4.57 Å². The Kier molecular flexibility index (Phi) is 8.06. The number of halogens is 1.